The predicted octanol–water partition coefficient (Wildman–Crippen LogP) is 2.76. The van der Waals surface area contributed by atoms with E-state index >= 15 is 0 Å². The molecule has 1 fully saturated rings. The van der Waals surface area contributed by atoms with Gasteiger partial charge in [-0.25, -0.2) is 4.98 Å². The van der Waals surface area contributed by atoms with E-state index in [1.165, 1.54) is 19.3 Å². The van der Waals surface area contributed by atoms with Gasteiger partial charge in [0.1, 0.15) is 5.76 Å². The van der Waals surface area contributed by atoms with Gasteiger partial charge in [-0.15, -0.1) is 0 Å². The molecule has 2 heterocycles. The van der Waals surface area contributed by atoms with Crippen LogP contribution in [0.2, 0.25) is 0 Å². The van der Waals surface area contributed by atoms with Gasteiger partial charge in [0, 0.05) is 18.5 Å². The number of nitrogens with zero attached hydrogens (tertiary/aromatic N) is 2. The molecule has 0 aromatic carbocycles. The quantitative estimate of drug-likeness (QED) is 0.889. The van der Waals surface area contributed by atoms with E-state index in [2.05, 4.69) is 36.0 Å². The Morgan fingerprint density at radius 2 is 2.21 bits per heavy atom. The molecule has 0 radical (unpaired) electrons. The van der Waals surface area contributed by atoms with Crippen molar-refractivity contribution in [2.75, 3.05) is 13.6 Å². The summed E-state index contributed by atoms with van der Waals surface area (Å²) in [6.07, 6.45) is 6.53. The first-order chi connectivity index (χ1) is 9.11. The zero-order valence-electron chi connectivity index (χ0n) is 12.6. The fourth-order valence-electron chi connectivity index (χ4n) is 2.81. The van der Waals surface area contributed by atoms with E-state index in [0.717, 1.165) is 24.6 Å². The molecule has 2 atom stereocenters. The van der Waals surface area contributed by atoms with Crippen LogP contribution >= 0.6 is 0 Å². The predicted molar refractivity (Wildman–Crippen MR) is 77.2 cm³/mol. The Kier molecular flexibility index (Phi) is 4.99. The van der Waals surface area contributed by atoms with E-state index in [1.54, 1.807) is 0 Å². The van der Waals surface area contributed by atoms with Crippen LogP contribution in [0.25, 0.3) is 0 Å². The number of aromatic nitrogens is 1. The zero-order chi connectivity index (χ0) is 13.8. The Balaban J connectivity index is 2.07. The molecule has 108 valence electrons. The summed E-state index contributed by atoms with van der Waals surface area (Å²) < 4.78 is 5.98. The van der Waals surface area contributed by atoms with Gasteiger partial charge in [0.15, 0.2) is 0 Å². The van der Waals surface area contributed by atoms with Crippen molar-refractivity contribution in [2.45, 2.75) is 64.6 Å². The van der Waals surface area contributed by atoms with Crippen molar-refractivity contribution >= 4 is 0 Å². The first-order valence-electron chi connectivity index (χ1n) is 7.49. The summed E-state index contributed by atoms with van der Waals surface area (Å²) in [5.41, 5.74) is 0. The lowest BCUT2D eigenvalue weighted by Gasteiger charge is -2.36. The highest BCUT2D eigenvalue weighted by molar-refractivity contribution is 5.01. The van der Waals surface area contributed by atoms with Crippen molar-refractivity contribution in [3.05, 3.63) is 17.8 Å². The summed E-state index contributed by atoms with van der Waals surface area (Å²) in [4.78, 5) is 7.04. The third kappa shape index (κ3) is 3.57. The Morgan fingerprint density at radius 3 is 2.89 bits per heavy atom. The SMILES string of the molecule is CNC(C)Cc1cnc(C2CCCCN2C(C)C)o1. The normalized spacial score (nSPS) is 22.9. The lowest BCUT2D eigenvalue weighted by Crippen LogP contribution is -2.38. The first-order valence-corrected chi connectivity index (χ1v) is 7.49. The number of rotatable bonds is 5. The minimum atomic E-state index is 0.368. The average molecular weight is 265 g/mol. The van der Waals surface area contributed by atoms with Gasteiger partial charge in [-0.2, -0.15) is 0 Å². The van der Waals surface area contributed by atoms with E-state index in [1.807, 2.05) is 13.2 Å². The topological polar surface area (TPSA) is 41.3 Å². The van der Waals surface area contributed by atoms with Gasteiger partial charge in [-0.05, 0) is 47.2 Å². The van der Waals surface area contributed by atoms with Crippen LogP contribution in [-0.4, -0.2) is 35.6 Å². The van der Waals surface area contributed by atoms with Crippen LogP contribution in [0.15, 0.2) is 10.6 Å². The van der Waals surface area contributed by atoms with Crippen LogP contribution in [0, 0.1) is 0 Å². The second-order valence-electron chi connectivity index (χ2n) is 5.90. The van der Waals surface area contributed by atoms with Crippen LogP contribution < -0.4 is 5.32 Å². The largest absolute Gasteiger partial charge is 0.444 e. The third-order valence-corrected chi connectivity index (χ3v) is 4.06. The van der Waals surface area contributed by atoms with Gasteiger partial charge < -0.3 is 9.73 Å². The van der Waals surface area contributed by atoms with E-state index < -0.39 is 0 Å². The number of likely N-dealkylation sites (tertiary alicyclic amines) is 1. The molecule has 4 heteroatoms. The van der Waals surface area contributed by atoms with E-state index in [4.69, 9.17) is 4.42 Å². The molecule has 0 bridgehead atoms. The molecule has 1 aromatic heterocycles. The van der Waals surface area contributed by atoms with Gasteiger partial charge in [0.05, 0.1) is 12.2 Å². The Morgan fingerprint density at radius 1 is 1.42 bits per heavy atom. The van der Waals surface area contributed by atoms with E-state index in [0.29, 0.717) is 18.1 Å². The van der Waals surface area contributed by atoms with Crippen molar-refractivity contribution in [3.8, 4) is 0 Å². The molecule has 0 saturated carbocycles. The number of piperidine rings is 1. The average Bonchev–Trinajstić information content (AvgIpc) is 2.86. The smallest absolute Gasteiger partial charge is 0.211 e. The summed E-state index contributed by atoms with van der Waals surface area (Å²) in [6.45, 7) is 7.83. The summed E-state index contributed by atoms with van der Waals surface area (Å²) >= 11 is 0. The molecule has 0 spiro atoms. The Bertz CT molecular complexity index is 388. The Labute approximate surface area is 116 Å². The van der Waals surface area contributed by atoms with Gasteiger partial charge in [-0.1, -0.05) is 6.42 Å². The fourth-order valence-corrected chi connectivity index (χ4v) is 2.81. The lowest BCUT2D eigenvalue weighted by molar-refractivity contribution is 0.0914. The van der Waals surface area contributed by atoms with Crippen molar-refractivity contribution in [2.24, 2.45) is 0 Å². The fraction of sp³-hybridized carbons (Fsp3) is 0.800. The monoisotopic (exact) mass is 265 g/mol. The van der Waals surface area contributed by atoms with Crippen molar-refractivity contribution in [1.82, 2.24) is 15.2 Å². The molecule has 1 saturated heterocycles. The lowest BCUT2D eigenvalue weighted by atomic mass is 10.0. The molecule has 0 amide bonds. The van der Waals surface area contributed by atoms with Gasteiger partial charge in [-0.3, -0.25) is 4.90 Å². The summed E-state index contributed by atoms with van der Waals surface area (Å²) in [5.74, 6) is 1.90. The minimum absolute atomic E-state index is 0.368. The highest BCUT2D eigenvalue weighted by Gasteiger charge is 2.29. The molecule has 4 nitrogen and oxygen atoms in total. The molecule has 2 rings (SSSR count). The summed E-state index contributed by atoms with van der Waals surface area (Å²) in [5, 5.41) is 3.23. The number of oxazole rings is 1. The number of likely N-dealkylation sites (N-methyl/N-ethyl adjacent to an activating group) is 1. The van der Waals surface area contributed by atoms with Gasteiger partial charge in [0.25, 0.3) is 0 Å². The molecule has 19 heavy (non-hydrogen) atoms. The van der Waals surface area contributed by atoms with Crippen LogP contribution in [0.5, 0.6) is 0 Å². The number of hydrogen-bond donors (Lipinski definition) is 1. The molecular weight excluding hydrogens is 238 g/mol. The molecule has 2 unspecified atom stereocenters. The highest BCUT2D eigenvalue weighted by atomic mass is 16.4. The van der Waals surface area contributed by atoms with Crippen LogP contribution in [0.1, 0.15) is 57.7 Å². The second-order valence-corrected chi connectivity index (χ2v) is 5.90. The van der Waals surface area contributed by atoms with Crippen LogP contribution in [-0.2, 0) is 6.42 Å². The molecular formula is C15H27N3O. The van der Waals surface area contributed by atoms with Gasteiger partial charge >= 0.3 is 0 Å². The van der Waals surface area contributed by atoms with Crippen LogP contribution in [0.4, 0.5) is 0 Å². The first kappa shape index (κ1) is 14.5. The van der Waals surface area contributed by atoms with Crippen LogP contribution in [0.3, 0.4) is 0 Å². The number of hydrogen-bond acceptors (Lipinski definition) is 4. The number of nitrogens with one attached hydrogen (secondary N) is 1. The second kappa shape index (κ2) is 6.53. The molecule has 1 aliphatic heterocycles. The third-order valence-electron chi connectivity index (χ3n) is 4.06. The summed E-state index contributed by atoms with van der Waals surface area (Å²) in [7, 11) is 1.98. The summed E-state index contributed by atoms with van der Waals surface area (Å²) in [6, 6.07) is 1.35. The maximum atomic E-state index is 5.98. The molecule has 1 aliphatic rings. The molecule has 1 N–H and O–H groups in total. The maximum absolute atomic E-state index is 5.98. The zero-order valence-corrected chi connectivity index (χ0v) is 12.6. The van der Waals surface area contributed by atoms with E-state index in [9.17, 15) is 0 Å². The van der Waals surface area contributed by atoms with E-state index in [-0.39, 0.29) is 0 Å². The van der Waals surface area contributed by atoms with Crippen molar-refractivity contribution < 1.29 is 4.42 Å². The van der Waals surface area contributed by atoms with Crippen molar-refractivity contribution in [1.29, 1.82) is 0 Å². The highest BCUT2D eigenvalue weighted by Crippen LogP contribution is 2.32. The molecule has 1 aromatic rings. The molecule has 0 aliphatic carbocycles. The Hall–Kier alpha value is -0.870. The maximum Gasteiger partial charge on any atom is 0.211 e. The van der Waals surface area contributed by atoms with Gasteiger partial charge in [0.2, 0.25) is 5.89 Å². The van der Waals surface area contributed by atoms with Crippen molar-refractivity contribution in [3.63, 3.8) is 0 Å². The standard InChI is InChI=1S/C15H27N3O/c1-11(2)18-8-6-5-7-14(18)15-17-10-13(19-15)9-12(3)16-4/h10-12,14,16H,5-9H2,1-4H3. The minimum Gasteiger partial charge on any atom is -0.444 e.